The van der Waals surface area contributed by atoms with Gasteiger partial charge in [0.2, 0.25) is 5.91 Å². The number of para-hydroxylation sites is 1. The van der Waals surface area contributed by atoms with Crippen LogP contribution in [0.15, 0.2) is 54.7 Å². The zero-order valence-electron chi connectivity index (χ0n) is 16.1. The molecular weight excluding hydrogens is 392 g/mol. The number of nitrogens with one attached hydrogen (secondary N) is 1. The number of aromatic nitrogens is 1. The molecular formula is C22H25ClN2O2S. The number of rotatable bonds is 8. The van der Waals surface area contributed by atoms with Crippen molar-refractivity contribution in [1.29, 1.82) is 0 Å². The number of halogens is 1. The van der Waals surface area contributed by atoms with Crippen LogP contribution >= 0.6 is 23.4 Å². The van der Waals surface area contributed by atoms with Crippen molar-refractivity contribution in [3.8, 4) is 0 Å². The Balaban J connectivity index is 1.63. The number of H-pyrrole nitrogens is 1. The highest BCUT2D eigenvalue weighted by atomic mass is 35.5. The van der Waals surface area contributed by atoms with Crippen LogP contribution in [-0.4, -0.2) is 45.8 Å². The summed E-state index contributed by atoms with van der Waals surface area (Å²) < 4.78 is 0. The Hall–Kier alpha value is -1.95. The van der Waals surface area contributed by atoms with E-state index in [0.29, 0.717) is 12.2 Å². The summed E-state index contributed by atoms with van der Waals surface area (Å²) in [6.07, 6.45) is 2.56. The van der Waals surface area contributed by atoms with Gasteiger partial charge in [-0.2, -0.15) is 0 Å². The average molecular weight is 417 g/mol. The summed E-state index contributed by atoms with van der Waals surface area (Å²) in [5, 5.41) is 11.5. The lowest BCUT2D eigenvalue weighted by Gasteiger charge is -2.29. The van der Waals surface area contributed by atoms with Crippen molar-refractivity contribution in [3.05, 3.63) is 70.9 Å². The van der Waals surface area contributed by atoms with E-state index < -0.39 is 0 Å². The Kier molecular flexibility index (Phi) is 7.05. The monoisotopic (exact) mass is 416 g/mol. The first-order valence-corrected chi connectivity index (χ1v) is 10.7. The second-order valence-corrected chi connectivity index (χ2v) is 8.63. The molecule has 148 valence electrons. The number of carbonyl (C=O) groups is 1. The number of carbonyl (C=O) groups excluding carboxylic acids is 1. The summed E-state index contributed by atoms with van der Waals surface area (Å²) in [4.78, 5) is 17.8. The van der Waals surface area contributed by atoms with E-state index in [1.54, 1.807) is 23.7 Å². The van der Waals surface area contributed by atoms with Gasteiger partial charge in [-0.1, -0.05) is 48.0 Å². The summed E-state index contributed by atoms with van der Waals surface area (Å²) >= 11 is 7.76. The van der Waals surface area contributed by atoms with Crippen LogP contribution in [0, 0.1) is 0 Å². The molecule has 3 aromatic rings. The number of aliphatic hydroxyl groups excluding tert-OH is 1. The predicted octanol–water partition coefficient (Wildman–Crippen LogP) is 4.51. The SMILES string of the molecule is CC(SCc1ccccc1Cl)C(=O)N(C)[C@H](CO)Cc1c[nH]c2ccccc12. The Morgan fingerprint density at radius 2 is 1.89 bits per heavy atom. The van der Waals surface area contributed by atoms with Crippen LogP contribution in [-0.2, 0) is 17.0 Å². The Morgan fingerprint density at radius 1 is 1.18 bits per heavy atom. The molecule has 0 bridgehead atoms. The quantitative estimate of drug-likeness (QED) is 0.568. The molecule has 0 aliphatic rings. The predicted molar refractivity (Wildman–Crippen MR) is 118 cm³/mol. The molecule has 1 unspecified atom stereocenters. The number of aromatic amines is 1. The number of fused-ring (bicyclic) bond motifs is 1. The maximum atomic E-state index is 12.9. The van der Waals surface area contributed by atoms with Gasteiger partial charge in [-0.25, -0.2) is 0 Å². The van der Waals surface area contributed by atoms with E-state index in [9.17, 15) is 9.90 Å². The maximum Gasteiger partial charge on any atom is 0.235 e. The first-order chi connectivity index (χ1) is 13.5. The van der Waals surface area contributed by atoms with Crippen LogP contribution in [0.1, 0.15) is 18.1 Å². The molecule has 1 amide bonds. The molecule has 28 heavy (non-hydrogen) atoms. The van der Waals surface area contributed by atoms with E-state index in [1.165, 1.54) is 0 Å². The molecule has 2 aromatic carbocycles. The van der Waals surface area contributed by atoms with Crippen LogP contribution in [0.2, 0.25) is 5.02 Å². The third-order valence-corrected chi connectivity index (χ3v) is 6.58. The largest absolute Gasteiger partial charge is 0.394 e. The van der Waals surface area contributed by atoms with E-state index in [4.69, 9.17) is 11.6 Å². The van der Waals surface area contributed by atoms with Gasteiger partial charge in [-0.15, -0.1) is 11.8 Å². The first-order valence-electron chi connectivity index (χ1n) is 9.28. The highest BCUT2D eigenvalue weighted by Gasteiger charge is 2.25. The van der Waals surface area contributed by atoms with Crippen LogP contribution < -0.4 is 0 Å². The second-order valence-electron chi connectivity index (χ2n) is 6.89. The molecule has 2 atom stereocenters. The molecule has 0 saturated carbocycles. The highest BCUT2D eigenvalue weighted by molar-refractivity contribution is 7.99. The van der Waals surface area contributed by atoms with Crippen LogP contribution in [0.3, 0.4) is 0 Å². The summed E-state index contributed by atoms with van der Waals surface area (Å²) in [7, 11) is 1.77. The third-order valence-electron chi connectivity index (χ3n) is 5.03. The number of benzene rings is 2. The minimum absolute atomic E-state index is 0.0101. The normalized spacial score (nSPS) is 13.4. The Bertz CT molecular complexity index is 943. The van der Waals surface area contributed by atoms with Gasteiger partial charge in [-0.05, 0) is 36.6 Å². The number of hydrogen-bond donors (Lipinski definition) is 2. The smallest absolute Gasteiger partial charge is 0.235 e. The van der Waals surface area contributed by atoms with E-state index >= 15 is 0 Å². The lowest BCUT2D eigenvalue weighted by molar-refractivity contribution is -0.131. The van der Waals surface area contributed by atoms with Crippen molar-refractivity contribution >= 4 is 40.2 Å². The number of aliphatic hydroxyl groups is 1. The zero-order valence-corrected chi connectivity index (χ0v) is 17.6. The molecule has 1 aromatic heterocycles. The highest BCUT2D eigenvalue weighted by Crippen LogP contribution is 2.25. The summed E-state index contributed by atoms with van der Waals surface area (Å²) in [5.41, 5.74) is 3.19. The van der Waals surface area contributed by atoms with Gasteiger partial charge in [-0.3, -0.25) is 4.79 Å². The Morgan fingerprint density at radius 3 is 2.64 bits per heavy atom. The van der Waals surface area contributed by atoms with Crippen molar-refractivity contribution in [2.24, 2.45) is 0 Å². The van der Waals surface area contributed by atoms with Crippen LogP contribution in [0.4, 0.5) is 0 Å². The van der Waals surface area contributed by atoms with Crippen molar-refractivity contribution < 1.29 is 9.90 Å². The van der Waals surface area contributed by atoms with Gasteiger partial charge >= 0.3 is 0 Å². The molecule has 1 heterocycles. The van der Waals surface area contributed by atoms with E-state index in [2.05, 4.69) is 11.1 Å². The van der Waals surface area contributed by atoms with Gasteiger partial charge in [0, 0.05) is 34.9 Å². The lowest BCUT2D eigenvalue weighted by atomic mass is 10.0. The molecule has 2 N–H and O–H groups in total. The summed E-state index contributed by atoms with van der Waals surface area (Å²) in [6, 6.07) is 15.5. The van der Waals surface area contributed by atoms with E-state index in [-0.39, 0.29) is 23.8 Å². The van der Waals surface area contributed by atoms with Gasteiger partial charge in [0.05, 0.1) is 17.9 Å². The number of thioether (sulfide) groups is 1. The number of likely N-dealkylation sites (N-methyl/N-ethyl adjacent to an activating group) is 1. The molecule has 0 aliphatic carbocycles. The molecule has 3 rings (SSSR count). The molecule has 0 saturated heterocycles. The molecule has 0 fully saturated rings. The zero-order chi connectivity index (χ0) is 20.1. The van der Waals surface area contributed by atoms with Gasteiger partial charge in [0.25, 0.3) is 0 Å². The lowest BCUT2D eigenvalue weighted by Crippen LogP contribution is -2.44. The third kappa shape index (κ3) is 4.72. The van der Waals surface area contributed by atoms with Gasteiger partial charge in [0.15, 0.2) is 0 Å². The van der Waals surface area contributed by atoms with E-state index in [0.717, 1.165) is 27.1 Å². The fraction of sp³-hybridized carbons (Fsp3) is 0.318. The topological polar surface area (TPSA) is 56.3 Å². The standard InChI is InChI=1S/C22H25ClN2O2S/c1-15(28-14-16-7-3-5-9-20(16)23)22(27)25(2)18(13-26)11-17-12-24-21-10-6-4-8-19(17)21/h3-10,12,15,18,24,26H,11,13-14H2,1-2H3/t15?,18-/m0/s1. The van der Waals surface area contributed by atoms with Crippen molar-refractivity contribution in [3.63, 3.8) is 0 Å². The molecule has 4 nitrogen and oxygen atoms in total. The van der Waals surface area contributed by atoms with Crippen molar-refractivity contribution in [2.75, 3.05) is 13.7 Å². The van der Waals surface area contributed by atoms with Crippen molar-refractivity contribution in [2.45, 2.75) is 30.4 Å². The fourth-order valence-corrected chi connectivity index (χ4v) is 4.52. The number of amides is 1. The first kappa shape index (κ1) is 20.8. The van der Waals surface area contributed by atoms with E-state index in [1.807, 2.05) is 55.6 Å². The van der Waals surface area contributed by atoms with Crippen LogP contribution in [0.25, 0.3) is 10.9 Å². The number of nitrogens with zero attached hydrogens (tertiary/aromatic N) is 1. The molecule has 6 heteroatoms. The van der Waals surface area contributed by atoms with Gasteiger partial charge in [0.1, 0.15) is 0 Å². The Labute approximate surface area is 174 Å². The fourth-order valence-electron chi connectivity index (χ4n) is 3.25. The molecule has 0 spiro atoms. The minimum atomic E-state index is -0.268. The summed E-state index contributed by atoms with van der Waals surface area (Å²) in [5.74, 6) is 0.683. The number of hydrogen-bond acceptors (Lipinski definition) is 3. The maximum absolute atomic E-state index is 12.9. The molecule has 0 radical (unpaired) electrons. The average Bonchev–Trinajstić information content (AvgIpc) is 3.13. The van der Waals surface area contributed by atoms with Gasteiger partial charge < -0.3 is 15.0 Å². The minimum Gasteiger partial charge on any atom is -0.394 e. The summed E-state index contributed by atoms with van der Waals surface area (Å²) in [6.45, 7) is 1.82. The molecule has 0 aliphatic heterocycles. The van der Waals surface area contributed by atoms with Crippen LogP contribution in [0.5, 0.6) is 0 Å². The second kappa shape index (κ2) is 9.50. The van der Waals surface area contributed by atoms with Crippen molar-refractivity contribution in [1.82, 2.24) is 9.88 Å².